The van der Waals surface area contributed by atoms with Crippen LogP contribution in [0.1, 0.15) is 585 Å². The standard InChI is InChI=1S/C16H30.C15H28.C14H27N.2C14H26.C13H25N.C13H24.C12H23N.C12H22/c1-3-5-15-8-12-16(13-9-15)10-6-14(4-2)7-11-16;1-3-5-14-7-10-15(11-8-14)9-6-13(4-2)12-15;1-3-12-4-7-14(8-5-12)9-6-13(10-14)11-15-2;1-3-5-13-6-8-14(9-7-13)10-12(4-2)11-14;1-3-5-13-10-14(11-13)8-6-12(4-2)7-9-14;1-3-11-4-6-13(8-11)7-5-12(9-13)10-14-2;1-3-5-12-9-13(10-12)7-6-11(4-2)8-13;1-3-10-6-12(7-10)5-4-11(8-12)9-13-2;1-3-5-11-8-12(9-11)6-10(4-2)7-12/h14-15H,3-13H2,1-2H3;13-14H,3-12H2,1-2H3;12-13,15H,3-11H2,1-2H3;2*12-13H,3-11H2,1-2H3;11-12,14H,3-10H2,1-2H3;11-12H,3-10H2,1-2H3;10-11,13H,3-9H2,1-2H3;10-11H,3-9H2,1-2H3. The van der Waals surface area contributed by atoms with Crippen LogP contribution in [0.25, 0.3) is 0 Å². The van der Waals surface area contributed by atoms with E-state index in [0.717, 1.165) is 155 Å². The van der Waals surface area contributed by atoms with Crippen molar-refractivity contribution in [3.8, 4) is 0 Å². The van der Waals surface area contributed by atoms with E-state index in [-0.39, 0.29) is 0 Å². The van der Waals surface area contributed by atoms with Gasteiger partial charge in [0.2, 0.25) is 0 Å². The lowest BCUT2D eigenvalue weighted by Gasteiger charge is -2.58. The summed E-state index contributed by atoms with van der Waals surface area (Å²) in [6.07, 6.45) is 114. The second-order valence-corrected chi connectivity index (χ2v) is 52.5. The third-order valence-electron chi connectivity index (χ3n) is 43.3. The largest absolute Gasteiger partial charge is 0.319 e. The Bertz CT molecular complexity index is 2760. The summed E-state index contributed by atoms with van der Waals surface area (Å²) in [5.74, 6) is 19.2. The average molecular weight is 1750 g/mol. The first-order valence-electron chi connectivity index (χ1n) is 59.9. The van der Waals surface area contributed by atoms with Gasteiger partial charge in [-0.05, 0) is 543 Å². The first kappa shape index (κ1) is 108. The van der Waals surface area contributed by atoms with Gasteiger partial charge in [0.1, 0.15) is 0 Å². The van der Waals surface area contributed by atoms with Gasteiger partial charge in [0.15, 0.2) is 0 Å². The topological polar surface area (TPSA) is 36.1 Å². The molecule has 0 bridgehead atoms. The summed E-state index contributed by atoms with van der Waals surface area (Å²) in [5, 5.41) is 10.0. The second kappa shape index (κ2) is 53.7. The average Bonchev–Trinajstić information content (AvgIpc) is 1.10. The Hall–Kier alpha value is -0.120. The van der Waals surface area contributed by atoms with Crippen molar-refractivity contribution >= 4 is 0 Å². The van der Waals surface area contributed by atoms with Gasteiger partial charge in [0.25, 0.3) is 0 Å². The summed E-state index contributed by atoms with van der Waals surface area (Å²) in [7, 11) is 6.27. The van der Waals surface area contributed by atoms with Crippen LogP contribution in [0.2, 0.25) is 0 Å². The molecule has 0 aromatic heterocycles. The Morgan fingerprint density at radius 2 is 0.294 bits per heavy atom. The molecule has 0 aromatic rings. The Balaban J connectivity index is 0.000000148. The van der Waals surface area contributed by atoms with Crippen LogP contribution in [0.4, 0.5) is 0 Å². The predicted molar refractivity (Wildman–Crippen MR) is 558 cm³/mol. The van der Waals surface area contributed by atoms with Crippen molar-refractivity contribution in [2.45, 2.75) is 585 Å². The first-order chi connectivity index (χ1) is 61.0. The highest BCUT2D eigenvalue weighted by Crippen LogP contribution is 2.66. The van der Waals surface area contributed by atoms with E-state index in [1.807, 2.05) is 0 Å². The molecule has 3 heteroatoms. The quantitative estimate of drug-likeness (QED) is 0.0767. The van der Waals surface area contributed by atoms with Crippen molar-refractivity contribution in [3.63, 3.8) is 0 Å². The summed E-state index contributed by atoms with van der Waals surface area (Å²) in [6.45, 7) is 39.0. The van der Waals surface area contributed by atoms with E-state index in [2.05, 4.69) is 141 Å². The van der Waals surface area contributed by atoms with Crippen LogP contribution in [0.15, 0.2) is 0 Å². The van der Waals surface area contributed by atoms with Crippen molar-refractivity contribution in [1.82, 2.24) is 16.0 Å². The van der Waals surface area contributed by atoms with E-state index in [4.69, 9.17) is 0 Å². The number of nitrogens with one attached hydrogen (secondary N) is 3. The first-order valence-corrected chi connectivity index (χ1v) is 59.9. The van der Waals surface area contributed by atoms with Gasteiger partial charge >= 0.3 is 0 Å². The predicted octanol–water partition coefficient (Wildman–Crippen LogP) is 38.3. The number of hydrogen-bond donors (Lipinski definition) is 3. The molecule has 3 N–H and O–H groups in total. The SMILES string of the molecule is CCC1CC2(CCC(CNC)C2)C1.CCC1CCC2(CC1)CCC(CNC)C2.CCC1CCC2(CCC(CNC)C2)C1.CCCC1CC2(CC(CC)C2)C1.CCCC1CC2(CCC(CC)C2)C1.CCCC1CC2(CCC(CC)CC2)C1.CCCC1CCC2(CC1)CC(CC)C2.CCCC1CCC2(CC1)CCC(CC)C2.CCCC1CCC2(CCC(CC)CC2)CC1. The van der Waals surface area contributed by atoms with E-state index in [9.17, 15) is 0 Å². The molecule has 3 nitrogen and oxygen atoms in total. The molecule has 18 fully saturated rings. The van der Waals surface area contributed by atoms with Crippen molar-refractivity contribution in [2.24, 2.45) is 155 Å². The van der Waals surface area contributed by atoms with Crippen LogP contribution < -0.4 is 16.0 Å². The van der Waals surface area contributed by atoms with Crippen molar-refractivity contribution in [3.05, 3.63) is 0 Å². The highest BCUT2D eigenvalue weighted by Gasteiger charge is 2.54. The third kappa shape index (κ3) is 31.7. The third-order valence-corrected chi connectivity index (χ3v) is 43.3. The van der Waals surface area contributed by atoms with Gasteiger partial charge in [-0.3, -0.25) is 0 Å². The van der Waals surface area contributed by atoms with Crippen molar-refractivity contribution in [1.29, 1.82) is 0 Å². The fourth-order valence-electron chi connectivity index (χ4n) is 34.9. The lowest BCUT2D eigenvalue weighted by atomic mass is 9.47. The van der Waals surface area contributed by atoms with Gasteiger partial charge in [-0.1, -0.05) is 239 Å². The van der Waals surface area contributed by atoms with Crippen LogP contribution >= 0.6 is 0 Å². The number of rotatable bonds is 27. The smallest absolute Gasteiger partial charge is 0.00233 e. The van der Waals surface area contributed by atoms with Gasteiger partial charge in [-0.25, -0.2) is 0 Å². The van der Waals surface area contributed by atoms with Gasteiger partial charge in [-0.15, -0.1) is 0 Å². The van der Waals surface area contributed by atoms with Gasteiger partial charge in [-0.2, -0.15) is 0 Å². The zero-order chi connectivity index (χ0) is 90.2. The molecule has 0 radical (unpaired) electrons. The van der Waals surface area contributed by atoms with Crippen molar-refractivity contribution in [2.75, 3.05) is 40.8 Å². The molecular weight excluding hydrogens is 1520 g/mol. The van der Waals surface area contributed by atoms with E-state index < -0.39 is 0 Å². The molecule has 738 valence electrons. The van der Waals surface area contributed by atoms with Gasteiger partial charge < -0.3 is 16.0 Å². The summed E-state index contributed by atoms with van der Waals surface area (Å²) in [4.78, 5) is 0. The highest BCUT2D eigenvalue weighted by atomic mass is 14.8. The zero-order valence-electron chi connectivity index (χ0n) is 89.5. The Morgan fingerprint density at radius 3 is 0.556 bits per heavy atom. The van der Waals surface area contributed by atoms with Crippen LogP contribution in [0.3, 0.4) is 0 Å². The maximum atomic E-state index is 3.35. The van der Waals surface area contributed by atoms with E-state index in [1.54, 1.807) is 212 Å². The molecule has 18 aliphatic rings. The van der Waals surface area contributed by atoms with Crippen LogP contribution in [-0.4, -0.2) is 40.8 Å². The minimum atomic E-state index is 0.785. The summed E-state index contributed by atoms with van der Waals surface area (Å²) >= 11 is 0. The Morgan fingerprint density at radius 1 is 0.143 bits per heavy atom. The monoisotopic (exact) mass is 1750 g/mol. The maximum absolute atomic E-state index is 3.35. The molecule has 7 atom stereocenters. The molecule has 0 aliphatic heterocycles. The summed E-state index contributed by atoms with van der Waals surface area (Å²) in [5.41, 5.74) is 7.50. The molecule has 18 aliphatic carbocycles. The molecule has 0 amide bonds. The normalized spacial score (nSPS) is 42.4. The summed E-state index contributed by atoms with van der Waals surface area (Å²) in [6, 6.07) is 0. The Kier molecular flexibility index (Phi) is 46.0. The highest BCUT2D eigenvalue weighted by molar-refractivity contribution is 5.05. The molecule has 7 unspecified atom stereocenters. The van der Waals surface area contributed by atoms with Gasteiger partial charge in [0, 0.05) is 0 Å². The minimum Gasteiger partial charge on any atom is -0.319 e. The van der Waals surface area contributed by atoms with Crippen LogP contribution in [0, 0.1) is 155 Å². The molecule has 18 saturated carbocycles. The van der Waals surface area contributed by atoms with Crippen LogP contribution in [-0.2, 0) is 0 Å². The molecular formula is C123H231N3. The molecule has 0 heterocycles. The minimum absolute atomic E-state index is 0.785. The fraction of sp³-hybridized carbons (Fsp3) is 1.00. The lowest BCUT2D eigenvalue weighted by Crippen LogP contribution is -2.47. The van der Waals surface area contributed by atoms with Crippen molar-refractivity contribution < 1.29 is 0 Å². The Labute approximate surface area is 792 Å². The van der Waals surface area contributed by atoms with Crippen LogP contribution in [0.5, 0.6) is 0 Å². The zero-order valence-corrected chi connectivity index (χ0v) is 89.5. The molecule has 0 saturated heterocycles. The van der Waals surface area contributed by atoms with E-state index in [0.29, 0.717) is 0 Å². The molecule has 126 heavy (non-hydrogen) atoms. The second-order valence-electron chi connectivity index (χ2n) is 52.5. The van der Waals surface area contributed by atoms with E-state index in [1.165, 1.54) is 289 Å². The molecule has 9 spiro atoms. The lowest BCUT2D eigenvalue weighted by molar-refractivity contribution is -0.0713. The fourth-order valence-corrected chi connectivity index (χ4v) is 34.9. The molecule has 18 rings (SSSR count). The van der Waals surface area contributed by atoms with E-state index >= 15 is 0 Å². The maximum Gasteiger partial charge on any atom is -0.00233 e. The molecule has 0 aromatic carbocycles. The number of hydrogen-bond acceptors (Lipinski definition) is 3. The summed E-state index contributed by atoms with van der Waals surface area (Å²) < 4.78 is 0. The van der Waals surface area contributed by atoms with Gasteiger partial charge in [0.05, 0.1) is 0 Å².